The second-order valence-corrected chi connectivity index (χ2v) is 4.97. The Bertz CT molecular complexity index is 419. The molecule has 3 rings (SSSR count). The van der Waals surface area contributed by atoms with Gasteiger partial charge in [-0.25, -0.2) is 15.8 Å². The average molecular weight is 234 g/mol. The molecule has 1 saturated carbocycles. The third-order valence-corrected chi connectivity index (χ3v) is 3.43. The number of nitrogens with one attached hydrogen (secondary N) is 1. The molecule has 0 bridgehead atoms. The van der Waals surface area contributed by atoms with E-state index in [1.807, 2.05) is 6.07 Å². The lowest BCUT2D eigenvalue weighted by molar-refractivity contribution is 0.0502. The summed E-state index contributed by atoms with van der Waals surface area (Å²) in [5.74, 6) is 7.53. The number of aromatic nitrogens is 2. The average Bonchev–Trinajstić information content (AvgIpc) is 3.11. The number of hydrogen-bond acceptors (Lipinski definition) is 5. The zero-order valence-electron chi connectivity index (χ0n) is 10.0. The van der Waals surface area contributed by atoms with Gasteiger partial charge in [-0.15, -0.1) is 0 Å². The van der Waals surface area contributed by atoms with Crippen LogP contribution in [0.4, 0.5) is 5.82 Å². The van der Waals surface area contributed by atoms with Crippen molar-refractivity contribution in [3.8, 4) is 0 Å². The molecule has 1 aliphatic carbocycles. The Morgan fingerprint density at radius 1 is 1.29 bits per heavy atom. The van der Waals surface area contributed by atoms with E-state index >= 15 is 0 Å². The van der Waals surface area contributed by atoms with Crippen LogP contribution < -0.4 is 11.3 Å². The second-order valence-electron chi connectivity index (χ2n) is 4.97. The van der Waals surface area contributed by atoms with Crippen LogP contribution in [0.2, 0.25) is 0 Å². The molecule has 1 aromatic rings. The van der Waals surface area contributed by atoms with Crippen molar-refractivity contribution < 1.29 is 4.74 Å². The maximum atomic E-state index is 5.81. The van der Waals surface area contributed by atoms with E-state index in [1.165, 1.54) is 12.8 Å². The largest absolute Gasteiger partial charge is 0.367 e. The van der Waals surface area contributed by atoms with Crippen LogP contribution in [0.1, 0.15) is 56.1 Å². The number of nitrogens with zero attached hydrogens (tertiary/aromatic N) is 2. The Morgan fingerprint density at radius 2 is 2.12 bits per heavy atom. The van der Waals surface area contributed by atoms with Gasteiger partial charge in [0.2, 0.25) is 0 Å². The SMILES string of the molecule is CC1CCC(c2nc(NN)cc(C3CC3)n2)O1. The van der Waals surface area contributed by atoms with Gasteiger partial charge in [-0.3, -0.25) is 0 Å². The molecule has 1 aliphatic heterocycles. The molecule has 0 spiro atoms. The van der Waals surface area contributed by atoms with Crippen molar-refractivity contribution >= 4 is 5.82 Å². The van der Waals surface area contributed by atoms with Crippen molar-refractivity contribution in [3.63, 3.8) is 0 Å². The van der Waals surface area contributed by atoms with Crippen molar-refractivity contribution in [2.24, 2.45) is 5.84 Å². The fourth-order valence-electron chi connectivity index (χ4n) is 2.28. The maximum Gasteiger partial charge on any atom is 0.159 e. The Balaban J connectivity index is 1.89. The van der Waals surface area contributed by atoms with E-state index in [4.69, 9.17) is 10.6 Å². The lowest BCUT2D eigenvalue weighted by atomic mass is 10.2. The van der Waals surface area contributed by atoms with Crippen LogP contribution in [0.3, 0.4) is 0 Å². The second kappa shape index (κ2) is 4.23. The lowest BCUT2D eigenvalue weighted by Gasteiger charge is -2.12. The highest BCUT2D eigenvalue weighted by molar-refractivity contribution is 5.37. The van der Waals surface area contributed by atoms with Gasteiger partial charge in [0.25, 0.3) is 0 Å². The highest BCUT2D eigenvalue weighted by atomic mass is 16.5. The van der Waals surface area contributed by atoms with Gasteiger partial charge in [-0.2, -0.15) is 0 Å². The summed E-state index contributed by atoms with van der Waals surface area (Å²) in [6.45, 7) is 2.09. The van der Waals surface area contributed by atoms with Crippen molar-refractivity contribution in [1.82, 2.24) is 9.97 Å². The number of nitrogens with two attached hydrogens (primary N) is 1. The number of nitrogen functional groups attached to an aromatic ring is 1. The molecule has 0 amide bonds. The van der Waals surface area contributed by atoms with Gasteiger partial charge >= 0.3 is 0 Å². The zero-order chi connectivity index (χ0) is 11.8. The Kier molecular flexibility index (Phi) is 2.72. The first kappa shape index (κ1) is 10.9. The molecule has 5 nitrogen and oxygen atoms in total. The predicted molar refractivity (Wildman–Crippen MR) is 64.3 cm³/mol. The highest BCUT2D eigenvalue weighted by Gasteiger charge is 2.30. The Morgan fingerprint density at radius 3 is 2.71 bits per heavy atom. The van der Waals surface area contributed by atoms with Crippen molar-refractivity contribution in [1.29, 1.82) is 0 Å². The van der Waals surface area contributed by atoms with E-state index in [-0.39, 0.29) is 6.10 Å². The van der Waals surface area contributed by atoms with Gasteiger partial charge in [0.05, 0.1) is 6.10 Å². The monoisotopic (exact) mass is 234 g/mol. The van der Waals surface area contributed by atoms with Crippen molar-refractivity contribution in [2.45, 2.75) is 50.7 Å². The van der Waals surface area contributed by atoms with Crippen LogP contribution in [0, 0.1) is 0 Å². The number of ether oxygens (including phenoxy) is 1. The van der Waals surface area contributed by atoms with Crippen LogP contribution in [0.5, 0.6) is 0 Å². The van der Waals surface area contributed by atoms with E-state index in [0.29, 0.717) is 17.8 Å². The van der Waals surface area contributed by atoms with Crippen molar-refractivity contribution in [3.05, 3.63) is 17.6 Å². The highest BCUT2D eigenvalue weighted by Crippen LogP contribution is 2.40. The summed E-state index contributed by atoms with van der Waals surface area (Å²) in [4.78, 5) is 9.03. The fraction of sp³-hybridized carbons (Fsp3) is 0.667. The third-order valence-electron chi connectivity index (χ3n) is 3.43. The first-order valence-electron chi connectivity index (χ1n) is 6.27. The van der Waals surface area contributed by atoms with E-state index < -0.39 is 0 Å². The van der Waals surface area contributed by atoms with Crippen molar-refractivity contribution in [2.75, 3.05) is 5.43 Å². The summed E-state index contributed by atoms with van der Waals surface area (Å²) in [5, 5.41) is 0. The number of anilines is 1. The smallest absolute Gasteiger partial charge is 0.159 e. The first-order chi connectivity index (χ1) is 8.26. The van der Waals surface area contributed by atoms with Gasteiger partial charge in [-0.05, 0) is 32.6 Å². The number of hydrazine groups is 1. The minimum Gasteiger partial charge on any atom is -0.367 e. The molecule has 0 aromatic carbocycles. The molecule has 2 fully saturated rings. The van der Waals surface area contributed by atoms with E-state index in [9.17, 15) is 0 Å². The minimum absolute atomic E-state index is 0.0378. The fourth-order valence-corrected chi connectivity index (χ4v) is 2.28. The molecule has 2 aliphatic rings. The van der Waals surface area contributed by atoms with Gasteiger partial charge in [0, 0.05) is 17.7 Å². The molecular formula is C12H18N4O. The summed E-state index contributed by atoms with van der Waals surface area (Å²) in [5.41, 5.74) is 3.72. The van der Waals surface area contributed by atoms with E-state index in [2.05, 4.69) is 22.3 Å². The number of hydrogen-bond donors (Lipinski definition) is 2. The van der Waals surface area contributed by atoms with Gasteiger partial charge in [0.15, 0.2) is 5.82 Å². The summed E-state index contributed by atoms with van der Waals surface area (Å²) in [7, 11) is 0. The standard InChI is InChI=1S/C12H18N4O/c1-7-2-5-10(17-7)12-14-9(8-3-4-8)6-11(15-12)16-13/h6-8,10H,2-5,13H2,1H3,(H,14,15,16). The molecule has 17 heavy (non-hydrogen) atoms. The van der Waals surface area contributed by atoms with E-state index in [0.717, 1.165) is 24.4 Å². The molecule has 2 unspecified atom stereocenters. The van der Waals surface area contributed by atoms with Gasteiger partial charge < -0.3 is 10.2 Å². The Labute approximate surface area is 101 Å². The molecule has 1 saturated heterocycles. The van der Waals surface area contributed by atoms with Crippen LogP contribution in [-0.4, -0.2) is 16.1 Å². The lowest BCUT2D eigenvalue weighted by Crippen LogP contribution is -2.13. The van der Waals surface area contributed by atoms with Crippen LogP contribution >= 0.6 is 0 Å². The molecule has 0 radical (unpaired) electrons. The predicted octanol–water partition coefficient (Wildman–Crippen LogP) is 1.88. The molecule has 3 N–H and O–H groups in total. The van der Waals surface area contributed by atoms with E-state index in [1.54, 1.807) is 0 Å². The summed E-state index contributed by atoms with van der Waals surface area (Å²) >= 11 is 0. The third kappa shape index (κ3) is 2.25. The molecule has 92 valence electrons. The first-order valence-corrected chi connectivity index (χ1v) is 6.27. The molecule has 1 aromatic heterocycles. The number of rotatable bonds is 3. The van der Waals surface area contributed by atoms with Gasteiger partial charge in [-0.1, -0.05) is 0 Å². The molecule has 2 heterocycles. The van der Waals surface area contributed by atoms with Crippen LogP contribution in [0.25, 0.3) is 0 Å². The molecule has 5 heteroatoms. The molecule has 2 atom stereocenters. The summed E-state index contributed by atoms with van der Waals surface area (Å²) < 4.78 is 5.81. The topological polar surface area (TPSA) is 73.1 Å². The molecular weight excluding hydrogens is 216 g/mol. The van der Waals surface area contributed by atoms with Crippen LogP contribution in [0.15, 0.2) is 6.07 Å². The Hall–Kier alpha value is -1.20. The van der Waals surface area contributed by atoms with Gasteiger partial charge in [0.1, 0.15) is 11.9 Å². The van der Waals surface area contributed by atoms with Crippen LogP contribution in [-0.2, 0) is 4.74 Å². The maximum absolute atomic E-state index is 5.81. The zero-order valence-corrected chi connectivity index (χ0v) is 10.0. The minimum atomic E-state index is 0.0378. The normalized spacial score (nSPS) is 28.4. The summed E-state index contributed by atoms with van der Waals surface area (Å²) in [6.07, 6.45) is 4.87. The quantitative estimate of drug-likeness (QED) is 0.617. The summed E-state index contributed by atoms with van der Waals surface area (Å²) in [6, 6.07) is 1.94.